The summed E-state index contributed by atoms with van der Waals surface area (Å²) in [5.41, 5.74) is 7.10. The van der Waals surface area contributed by atoms with Crippen molar-refractivity contribution in [2.45, 2.75) is 13.5 Å². The SMILES string of the molecule is Cc1c(/C=N\Nc2ccc([N+](=O)[O-])cn2)c2ccccc2n1Cc1ccc(Cl)cc1. The minimum Gasteiger partial charge on any atom is -0.340 e. The Morgan fingerprint density at radius 3 is 2.63 bits per heavy atom. The molecule has 0 amide bonds. The minimum absolute atomic E-state index is 0.0642. The predicted molar refractivity (Wildman–Crippen MR) is 119 cm³/mol. The second-order valence-electron chi connectivity index (χ2n) is 6.76. The topological polar surface area (TPSA) is 85.3 Å². The molecule has 0 unspecified atom stereocenters. The van der Waals surface area contributed by atoms with Gasteiger partial charge in [-0.05, 0) is 36.8 Å². The number of hydrazone groups is 1. The molecule has 8 heteroatoms. The van der Waals surface area contributed by atoms with Crippen molar-refractivity contribution in [1.82, 2.24) is 9.55 Å². The molecule has 4 rings (SSSR count). The van der Waals surface area contributed by atoms with Crippen LogP contribution in [-0.2, 0) is 6.54 Å². The Balaban J connectivity index is 1.62. The van der Waals surface area contributed by atoms with Gasteiger partial charge in [0.2, 0.25) is 0 Å². The molecular formula is C22H18ClN5O2. The third kappa shape index (κ3) is 4.01. The Bertz CT molecular complexity index is 1230. The van der Waals surface area contributed by atoms with Gasteiger partial charge in [-0.3, -0.25) is 15.5 Å². The number of nitrogens with zero attached hydrogens (tertiary/aromatic N) is 4. The summed E-state index contributed by atoms with van der Waals surface area (Å²) in [6, 6.07) is 18.9. The molecule has 2 aromatic heterocycles. The van der Waals surface area contributed by atoms with E-state index in [0.717, 1.165) is 27.7 Å². The molecule has 1 N–H and O–H groups in total. The van der Waals surface area contributed by atoms with Crippen LogP contribution in [0, 0.1) is 17.0 Å². The van der Waals surface area contributed by atoms with Gasteiger partial charge in [-0.1, -0.05) is 41.9 Å². The lowest BCUT2D eigenvalue weighted by Gasteiger charge is -2.09. The largest absolute Gasteiger partial charge is 0.340 e. The molecule has 0 aliphatic carbocycles. The first-order valence-electron chi connectivity index (χ1n) is 9.25. The summed E-state index contributed by atoms with van der Waals surface area (Å²) in [5, 5.41) is 16.8. The Morgan fingerprint density at radius 1 is 1.17 bits per heavy atom. The molecule has 0 fully saturated rings. The number of nitro groups is 1. The van der Waals surface area contributed by atoms with E-state index in [4.69, 9.17) is 11.6 Å². The van der Waals surface area contributed by atoms with Crippen molar-refractivity contribution >= 4 is 40.2 Å². The summed E-state index contributed by atoms with van der Waals surface area (Å²) >= 11 is 6.01. The third-order valence-corrected chi connectivity index (χ3v) is 5.12. The highest BCUT2D eigenvalue weighted by Crippen LogP contribution is 2.26. The molecule has 0 saturated heterocycles. The lowest BCUT2D eigenvalue weighted by Crippen LogP contribution is -2.02. The van der Waals surface area contributed by atoms with E-state index in [0.29, 0.717) is 17.4 Å². The van der Waals surface area contributed by atoms with Gasteiger partial charge in [0, 0.05) is 39.8 Å². The lowest BCUT2D eigenvalue weighted by atomic mass is 10.1. The van der Waals surface area contributed by atoms with Crippen molar-refractivity contribution in [2.75, 3.05) is 5.43 Å². The van der Waals surface area contributed by atoms with Crippen molar-refractivity contribution in [3.63, 3.8) is 0 Å². The standard InChI is InChI=1S/C22H18ClN5O2/c1-15-20(13-25-26-22-11-10-18(12-24-22)28(29)30)19-4-2-3-5-21(19)27(15)14-16-6-8-17(23)9-7-16/h2-13H,14H2,1H3,(H,24,26)/b25-13-. The van der Waals surface area contributed by atoms with E-state index < -0.39 is 4.92 Å². The summed E-state index contributed by atoms with van der Waals surface area (Å²) < 4.78 is 2.24. The fourth-order valence-corrected chi connectivity index (χ4v) is 3.45. The number of hydrogen-bond donors (Lipinski definition) is 1. The van der Waals surface area contributed by atoms with Gasteiger partial charge in [0.1, 0.15) is 12.0 Å². The van der Waals surface area contributed by atoms with Gasteiger partial charge >= 0.3 is 0 Å². The van der Waals surface area contributed by atoms with Crippen molar-refractivity contribution in [2.24, 2.45) is 5.10 Å². The maximum Gasteiger partial charge on any atom is 0.287 e. The molecule has 0 saturated carbocycles. The van der Waals surface area contributed by atoms with Gasteiger partial charge in [0.05, 0.1) is 11.1 Å². The first kappa shape index (κ1) is 19.6. The normalized spacial score (nSPS) is 11.3. The highest BCUT2D eigenvalue weighted by Gasteiger charge is 2.13. The van der Waals surface area contributed by atoms with Crippen LogP contribution in [0.15, 0.2) is 72.0 Å². The monoisotopic (exact) mass is 419 g/mol. The van der Waals surface area contributed by atoms with E-state index >= 15 is 0 Å². The first-order chi connectivity index (χ1) is 14.5. The van der Waals surface area contributed by atoms with Gasteiger partial charge in [0.25, 0.3) is 5.69 Å². The number of aromatic nitrogens is 2. The molecule has 2 heterocycles. The van der Waals surface area contributed by atoms with E-state index in [9.17, 15) is 10.1 Å². The molecule has 2 aromatic carbocycles. The summed E-state index contributed by atoms with van der Waals surface area (Å²) in [5.74, 6) is 0.430. The van der Waals surface area contributed by atoms with E-state index in [2.05, 4.69) is 39.1 Å². The number of benzene rings is 2. The van der Waals surface area contributed by atoms with Crippen molar-refractivity contribution < 1.29 is 4.92 Å². The highest BCUT2D eigenvalue weighted by molar-refractivity contribution is 6.30. The Labute approximate surface area is 177 Å². The second-order valence-corrected chi connectivity index (χ2v) is 7.19. The average Bonchev–Trinajstić information content (AvgIpc) is 3.01. The molecule has 0 radical (unpaired) electrons. The third-order valence-electron chi connectivity index (χ3n) is 4.87. The van der Waals surface area contributed by atoms with Crippen molar-refractivity contribution in [3.05, 3.63) is 98.8 Å². The Morgan fingerprint density at radius 2 is 1.93 bits per heavy atom. The van der Waals surface area contributed by atoms with Crippen LogP contribution in [-0.4, -0.2) is 20.7 Å². The number of pyridine rings is 1. The van der Waals surface area contributed by atoms with Gasteiger partial charge in [-0.15, -0.1) is 0 Å². The number of fused-ring (bicyclic) bond motifs is 1. The molecule has 4 aromatic rings. The summed E-state index contributed by atoms with van der Waals surface area (Å²) in [6.07, 6.45) is 2.94. The second kappa shape index (κ2) is 8.34. The van der Waals surface area contributed by atoms with E-state index in [1.165, 1.54) is 18.3 Å². The van der Waals surface area contributed by atoms with Gasteiger partial charge in [0.15, 0.2) is 0 Å². The predicted octanol–water partition coefficient (Wildman–Crippen LogP) is 5.40. The average molecular weight is 420 g/mol. The van der Waals surface area contributed by atoms with Gasteiger partial charge in [-0.2, -0.15) is 5.10 Å². The zero-order chi connectivity index (χ0) is 21.1. The fraction of sp³-hybridized carbons (Fsp3) is 0.0909. The molecule has 0 bridgehead atoms. The number of para-hydroxylation sites is 1. The highest BCUT2D eigenvalue weighted by atomic mass is 35.5. The van der Waals surface area contributed by atoms with Crippen LogP contribution in [0.5, 0.6) is 0 Å². The zero-order valence-corrected chi connectivity index (χ0v) is 16.9. The molecular weight excluding hydrogens is 402 g/mol. The lowest BCUT2D eigenvalue weighted by molar-refractivity contribution is -0.385. The molecule has 0 atom stereocenters. The van der Waals surface area contributed by atoms with Crippen LogP contribution in [0.3, 0.4) is 0 Å². The molecule has 0 aliphatic heterocycles. The van der Waals surface area contributed by atoms with Gasteiger partial charge in [-0.25, -0.2) is 4.98 Å². The van der Waals surface area contributed by atoms with Crippen LogP contribution < -0.4 is 5.43 Å². The van der Waals surface area contributed by atoms with Crippen LogP contribution in [0.1, 0.15) is 16.8 Å². The molecule has 150 valence electrons. The summed E-state index contributed by atoms with van der Waals surface area (Å²) in [4.78, 5) is 14.2. The summed E-state index contributed by atoms with van der Waals surface area (Å²) in [6.45, 7) is 2.77. The first-order valence-corrected chi connectivity index (χ1v) is 9.62. The molecule has 30 heavy (non-hydrogen) atoms. The number of hydrogen-bond acceptors (Lipinski definition) is 5. The molecule has 0 spiro atoms. The Kier molecular flexibility index (Phi) is 5.45. The van der Waals surface area contributed by atoms with Crippen molar-refractivity contribution in [1.29, 1.82) is 0 Å². The smallest absolute Gasteiger partial charge is 0.287 e. The van der Waals surface area contributed by atoms with Gasteiger partial charge < -0.3 is 4.57 Å². The van der Waals surface area contributed by atoms with Crippen molar-refractivity contribution in [3.8, 4) is 0 Å². The number of rotatable bonds is 6. The van der Waals surface area contributed by atoms with E-state index in [1.807, 2.05) is 36.4 Å². The fourth-order valence-electron chi connectivity index (χ4n) is 3.32. The molecule has 7 nitrogen and oxygen atoms in total. The number of nitrogens with one attached hydrogen (secondary N) is 1. The maximum atomic E-state index is 10.7. The molecule has 0 aliphatic rings. The quantitative estimate of drug-likeness (QED) is 0.257. The van der Waals surface area contributed by atoms with Crippen LogP contribution in [0.2, 0.25) is 5.02 Å². The van der Waals surface area contributed by atoms with E-state index in [-0.39, 0.29) is 5.69 Å². The summed E-state index contributed by atoms with van der Waals surface area (Å²) in [7, 11) is 0. The maximum absolute atomic E-state index is 10.7. The van der Waals surface area contributed by atoms with Crippen LogP contribution >= 0.6 is 11.6 Å². The minimum atomic E-state index is -0.487. The Hall–Kier alpha value is -3.71. The zero-order valence-electron chi connectivity index (χ0n) is 16.1. The number of halogens is 1. The number of anilines is 1. The van der Waals surface area contributed by atoms with Crippen LogP contribution in [0.25, 0.3) is 10.9 Å². The van der Waals surface area contributed by atoms with E-state index in [1.54, 1.807) is 6.21 Å². The van der Waals surface area contributed by atoms with Crippen LogP contribution in [0.4, 0.5) is 11.5 Å².